The third-order valence-electron chi connectivity index (χ3n) is 2.69. The zero-order valence-electron chi connectivity index (χ0n) is 8.67. The Morgan fingerprint density at radius 3 is 2.71 bits per heavy atom. The van der Waals surface area contributed by atoms with Gasteiger partial charge in [0.1, 0.15) is 0 Å². The van der Waals surface area contributed by atoms with E-state index in [4.69, 9.17) is 9.47 Å². The van der Waals surface area contributed by atoms with E-state index in [1.807, 2.05) is 0 Å². The van der Waals surface area contributed by atoms with Crippen LogP contribution in [0, 0.1) is 0 Å². The molecule has 0 amide bonds. The van der Waals surface area contributed by atoms with Crippen LogP contribution in [0.1, 0.15) is 19.3 Å². The van der Waals surface area contributed by atoms with Crippen LogP contribution in [0.2, 0.25) is 0 Å². The molecule has 0 bridgehead atoms. The summed E-state index contributed by atoms with van der Waals surface area (Å²) in [5.41, 5.74) is 2.60. The Morgan fingerprint density at radius 1 is 1.14 bits per heavy atom. The van der Waals surface area contributed by atoms with Crippen LogP contribution in [0.5, 0.6) is 0 Å². The van der Waals surface area contributed by atoms with E-state index >= 15 is 0 Å². The second-order valence-electron chi connectivity index (χ2n) is 3.46. The molecular formula is C11H15NO2. The fourth-order valence-electron chi connectivity index (χ4n) is 1.95. The molecule has 0 spiro atoms. The van der Waals surface area contributed by atoms with Gasteiger partial charge in [-0.25, -0.2) is 0 Å². The van der Waals surface area contributed by atoms with Crippen molar-refractivity contribution in [2.24, 2.45) is 4.99 Å². The predicted octanol–water partition coefficient (Wildman–Crippen LogP) is 2.06. The Labute approximate surface area is 84.1 Å². The van der Waals surface area contributed by atoms with E-state index in [1.54, 1.807) is 14.2 Å². The van der Waals surface area contributed by atoms with Gasteiger partial charge in [0, 0.05) is 18.5 Å². The molecule has 1 heterocycles. The van der Waals surface area contributed by atoms with E-state index in [1.165, 1.54) is 11.1 Å². The van der Waals surface area contributed by atoms with Gasteiger partial charge >= 0.3 is 0 Å². The molecule has 1 aliphatic carbocycles. The normalized spacial score (nSPS) is 21.0. The molecule has 2 aliphatic rings. The van der Waals surface area contributed by atoms with Crippen LogP contribution in [0.3, 0.4) is 0 Å². The van der Waals surface area contributed by atoms with Gasteiger partial charge in [-0.15, -0.1) is 0 Å². The van der Waals surface area contributed by atoms with Crippen molar-refractivity contribution in [3.63, 3.8) is 0 Å². The number of dihydropyridines is 1. The Balaban J connectivity index is 2.30. The highest BCUT2D eigenvalue weighted by Gasteiger charge is 2.21. The molecule has 0 aromatic rings. The highest BCUT2D eigenvalue weighted by molar-refractivity contribution is 5.95. The summed E-state index contributed by atoms with van der Waals surface area (Å²) in [6, 6.07) is 0. The molecule has 3 heteroatoms. The molecule has 76 valence electrons. The number of hydrogen-bond acceptors (Lipinski definition) is 3. The number of rotatable bonds is 1. The van der Waals surface area contributed by atoms with E-state index in [-0.39, 0.29) is 0 Å². The van der Waals surface area contributed by atoms with Crippen LogP contribution < -0.4 is 0 Å². The van der Waals surface area contributed by atoms with Gasteiger partial charge in [-0.1, -0.05) is 0 Å². The maximum atomic E-state index is 5.26. The first-order valence-electron chi connectivity index (χ1n) is 4.90. The molecule has 0 unspecified atom stereocenters. The van der Waals surface area contributed by atoms with Crippen LogP contribution in [0.15, 0.2) is 28.0 Å². The molecule has 14 heavy (non-hydrogen) atoms. The number of allylic oxidation sites excluding steroid dienone is 2. The minimum absolute atomic E-state index is 0.817. The van der Waals surface area contributed by atoms with E-state index in [2.05, 4.69) is 11.1 Å². The summed E-state index contributed by atoms with van der Waals surface area (Å²) in [6.45, 7) is 0.829. The highest BCUT2D eigenvalue weighted by atomic mass is 16.5. The number of aliphatic imine (C=N–C) groups is 1. The molecule has 0 fully saturated rings. The lowest BCUT2D eigenvalue weighted by Gasteiger charge is -2.22. The second-order valence-corrected chi connectivity index (χ2v) is 3.46. The summed E-state index contributed by atoms with van der Waals surface area (Å²) in [5, 5.41) is 0. The second kappa shape index (κ2) is 3.86. The Morgan fingerprint density at radius 2 is 2.00 bits per heavy atom. The predicted molar refractivity (Wildman–Crippen MR) is 55.3 cm³/mol. The number of methoxy groups -OCH3 is 2. The Bertz CT molecular complexity index is 326. The summed E-state index contributed by atoms with van der Waals surface area (Å²) in [5.74, 6) is 1.89. The standard InChI is InChI=1S/C11H15NO2/c1-13-9-3-4-10-8(7-9)5-6-12-11(10)14-2/h7H,3-6H2,1-2H3. The molecule has 0 radical (unpaired) electrons. The van der Waals surface area contributed by atoms with Crippen molar-refractivity contribution in [2.45, 2.75) is 19.3 Å². The van der Waals surface area contributed by atoms with Gasteiger partial charge in [0.15, 0.2) is 0 Å². The highest BCUT2D eigenvalue weighted by Crippen LogP contribution is 2.29. The lowest BCUT2D eigenvalue weighted by atomic mass is 9.92. The molecule has 0 saturated heterocycles. The van der Waals surface area contributed by atoms with Gasteiger partial charge in [0.25, 0.3) is 0 Å². The molecule has 0 N–H and O–H groups in total. The number of hydrogen-bond donors (Lipinski definition) is 0. The SMILES string of the molecule is COC1=CC2=C(CC1)C(OC)=NCC2. The maximum absolute atomic E-state index is 5.26. The van der Waals surface area contributed by atoms with Crippen molar-refractivity contribution < 1.29 is 9.47 Å². The van der Waals surface area contributed by atoms with Crippen LogP contribution in [0.25, 0.3) is 0 Å². The van der Waals surface area contributed by atoms with E-state index < -0.39 is 0 Å². The zero-order chi connectivity index (χ0) is 9.97. The number of nitrogens with zero attached hydrogens (tertiary/aromatic N) is 1. The van der Waals surface area contributed by atoms with Crippen molar-refractivity contribution in [2.75, 3.05) is 20.8 Å². The third kappa shape index (κ3) is 1.54. The van der Waals surface area contributed by atoms with Gasteiger partial charge in [-0.05, 0) is 24.5 Å². The summed E-state index contributed by atoms with van der Waals surface area (Å²) < 4.78 is 10.5. The van der Waals surface area contributed by atoms with E-state index in [9.17, 15) is 0 Å². The molecule has 0 aromatic carbocycles. The van der Waals surface area contributed by atoms with E-state index in [0.29, 0.717) is 0 Å². The molecule has 0 saturated carbocycles. The first-order valence-corrected chi connectivity index (χ1v) is 4.90. The van der Waals surface area contributed by atoms with Gasteiger partial charge in [0.2, 0.25) is 5.90 Å². The topological polar surface area (TPSA) is 30.8 Å². The van der Waals surface area contributed by atoms with E-state index in [0.717, 1.165) is 37.5 Å². The zero-order valence-corrected chi connectivity index (χ0v) is 8.67. The van der Waals surface area contributed by atoms with Gasteiger partial charge in [0.05, 0.1) is 20.0 Å². The van der Waals surface area contributed by atoms with Gasteiger partial charge in [-0.2, -0.15) is 0 Å². The fraction of sp³-hybridized carbons (Fsp3) is 0.545. The fourth-order valence-corrected chi connectivity index (χ4v) is 1.95. The van der Waals surface area contributed by atoms with Crippen molar-refractivity contribution in [3.05, 3.63) is 23.0 Å². The van der Waals surface area contributed by atoms with Crippen LogP contribution in [-0.2, 0) is 9.47 Å². The van der Waals surface area contributed by atoms with Crippen LogP contribution >= 0.6 is 0 Å². The maximum Gasteiger partial charge on any atom is 0.211 e. The molecular weight excluding hydrogens is 178 g/mol. The Hall–Kier alpha value is -1.25. The van der Waals surface area contributed by atoms with Crippen LogP contribution in [-0.4, -0.2) is 26.7 Å². The molecule has 1 aliphatic heterocycles. The minimum atomic E-state index is 0.817. The summed E-state index contributed by atoms with van der Waals surface area (Å²) >= 11 is 0. The lowest BCUT2D eigenvalue weighted by Crippen LogP contribution is -2.17. The molecule has 3 nitrogen and oxygen atoms in total. The third-order valence-corrected chi connectivity index (χ3v) is 2.69. The summed E-state index contributed by atoms with van der Waals surface area (Å²) in [4.78, 5) is 4.35. The molecule has 0 aromatic heterocycles. The first-order chi connectivity index (χ1) is 6.85. The number of ether oxygens (including phenoxy) is 2. The van der Waals surface area contributed by atoms with Crippen molar-refractivity contribution >= 4 is 5.90 Å². The molecule has 0 atom stereocenters. The van der Waals surface area contributed by atoms with Crippen molar-refractivity contribution in [1.82, 2.24) is 0 Å². The average molecular weight is 193 g/mol. The summed E-state index contributed by atoms with van der Waals surface area (Å²) in [6.07, 6.45) is 5.08. The lowest BCUT2D eigenvalue weighted by molar-refractivity contribution is 0.274. The molecule has 2 rings (SSSR count). The Kier molecular flexibility index (Phi) is 2.57. The monoisotopic (exact) mass is 193 g/mol. The summed E-state index contributed by atoms with van der Waals surface area (Å²) in [7, 11) is 3.41. The first kappa shape index (κ1) is 9.31. The average Bonchev–Trinajstić information content (AvgIpc) is 2.27. The van der Waals surface area contributed by atoms with Crippen molar-refractivity contribution in [3.8, 4) is 0 Å². The van der Waals surface area contributed by atoms with Crippen molar-refractivity contribution in [1.29, 1.82) is 0 Å². The van der Waals surface area contributed by atoms with Gasteiger partial charge < -0.3 is 9.47 Å². The van der Waals surface area contributed by atoms with Crippen LogP contribution in [0.4, 0.5) is 0 Å². The largest absolute Gasteiger partial charge is 0.501 e. The minimum Gasteiger partial charge on any atom is -0.501 e. The smallest absolute Gasteiger partial charge is 0.211 e. The quantitative estimate of drug-likeness (QED) is 0.638. The van der Waals surface area contributed by atoms with Gasteiger partial charge in [-0.3, -0.25) is 4.99 Å².